The van der Waals surface area contributed by atoms with E-state index < -0.39 is 0 Å². The van der Waals surface area contributed by atoms with Crippen LogP contribution in [-0.2, 0) is 0 Å². The summed E-state index contributed by atoms with van der Waals surface area (Å²) >= 11 is 1.48. The van der Waals surface area contributed by atoms with Crippen LogP contribution in [-0.4, -0.2) is 10.8 Å². The number of H-pyrrole nitrogens is 1. The number of thiophene rings is 1. The summed E-state index contributed by atoms with van der Waals surface area (Å²) in [5.41, 5.74) is 2.41. The molecule has 0 radical (unpaired) electrons. The van der Waals surface area contributed by atoms with Crippen molar-refractivity contribution in [1.29, 1.82) is 0 Å². The molecule has 2 nitrogen and oxygen atoms in total. The summed E-state index contributed by atoms with van der Waals surface area (Å²) in [6.07, 6.45) is 1.65. The molecule has 3 aromatic rings. The van der Waals surface area contributed by atoms with E-state index in [-0.39, 0.29) is 11.6 Å². The van der Waals surface area contributed by atoms with Gasteiger partial charge in [-0.2, -0.15) is 0 Å². The van der Waals surface area contributed by atoms with Gasteiger partial charge in [0.2, 0.25) is 5.78 Å². The Kier molecular flexibility index (Phi) is 2.75. The van der Waals surface area contributed by atoms with Crippen molar-refractivity contribution < 1.29 is 9.18 Å². The summed E-state index contributed by atoms with van der Waals surface area (Å²) in [4.78, 5) is 17.3. The molecule has 2 heterocycles. The maximum Gasteiger partial charge on any atom is 0.205 e. The molecule has 0 aliphatic carbocycles. The Balaban J connectivity index is 2.13. The van der Waals surface area contributed by atoms with Gasteiger partial charge in [0.15, 0.2) is 0 Å². The first-order chi connectivity index (χ1) is 9.06. The molecule has 0 spiro atoms. The molecule has 0 aliphatic rings. The number of carbonyl (C=O) groups excluding carboxylic acids is 1. The number of nitrogens with one attached hydrogen (secondary N) is 1. The van der Waals surface area contributed by atoms with Gasteiger partial charge in [-0.3, -0.25) is 4.79 Å². The van der Waals surface area contributed by atoms with Crippen LogP contribution < -0.4 is 0 Å². The summed E-state index contributed by atoms with van der Waals surface area (Å²) in [7, 11) is 0. The molecule has 4 heteroatoms. The zero-order valence-electron chi connectivity index (χ0n) is 10.6. The van der Waals surface area contributed by atoms with E-state index in [4.69, 9.17) is 0 Å². The van der Waals surface area contributed by atoms with Crippen LogP contribution >= 0.6 is 11.3 Å². The average molecular weight is 273 g/mol. The van der Waals surface area contributed by atoms with E-state index in [1.54, 1.807) is 12.3 Å². The Labute approximate surface area is 113 Å². The molecule has 3 rings (SSSR count). The predicted octanol–water partition coefficient (Wildman–Crippen LogP) is 4.22. The third kappa shape index (κ3) is 1.98. The van der Waals surface area contributed by atoms with Gasteiger partial charge < -0.3 is 4.98 Å². The number of aromatic nitrogens is 1. The predicted molar refractivity (Wildman–Crippen MR) is 75.5 cm³/mol. The van der Waals surface area contributed by atoms with Crippen molar-refractivity contribution in [3.8, 4) is 0 Å². The van der Waals surface area contributed by atoms with Crippen LogP contribution in [0.25, 0.3) is 10.9 Å². The summed E-state index contributed by atoms with van der Waals surface area (Å²) < 4.78 is 13.3. The molecule has 19 heavy (non-hydrogen) atoms. The van der Waals surface area contributed by atoms with Crippen molar-refractivity contribution in [2.75, 3.05) is 0 Å². The molecule has 1 aromatic carbocycles. The van der Waals surface area contributed by atoms with Crippen LogP contribution in [0.3, 0.4) is 0 Å². The number of aromatic amines is 1. The van der Waals surface area contributed by atoms with Gasteiger partial charge in [0, 0.05) is 27.5 Å². The van der Waals surface area contributed by atoms with Crippen LogP contribution in [0.5, 0.6) is 0 Å². The van der Waals surface area contributed by atoms with Gasteiger partial charge in [0.25, 0.3) is 0 Å². The SMILES string of the molecule is Cc1cc(C(=O)c2c[nH]c3ccc(F)cc23)sc1C. The molecule has 0 unspecified atom stereocenters. The molecule has 0 aliphatic heterocycles. The molecule has 1 N–H and O–H groups in total. The molecule has 0 bridgehead atoms. The van der Waals surface area contributed by atoms with Gasteiger partial charge in [0.1, 0.15) is 5.82 Å². The lowest BCUT2D eigenvalue weighted by atomic mass is 10.1. The molecule has 0 amide bonds. The van der Waals surface area contributed by atoms with E-state index in [1.807, 2.05) is 19.9 Å². The van der Waals surface area contributed by atoms with Crippen molar-refractivity contribution in [3.63, 3.8) is 0 Å². The van der Waals surface area contributed by atoms with Crippen LogP contribution in [0.2, 0.25) is 0 Å². The molecule has 0 fully saturated rings. The molecule has 2 aromatic heterocycles. The number of carbonyl (C=O) groups is 1. The highest BCUT2D eigenvalue weighted by molar-refractivity contribution is 7.14. The zero-order valence-corrected chi connectivity index (χ0v) is 11.4. The van der Waals surface area contributed by atoms with Gasteiger partial charge >= 0.3 is 0 Å². The first-order valence-corrected chi connectivity index (χ1v) is 6.76. The van der Waals surface area contributed by atoms with Crippen molar-refractivity contribution in [2.24, 2.45) is 0 Å². The highest BCUT2D eigenvalue weighted by Crippen LogP contribution is 2.27. The van der Waals surface area contributed by atoms with Crippen LogP contribution in [0.4, 0.5) is 4.39 Å². The van der Waals surface area contributed by atoms with Gasteiger partial charge in [-0.25, -0.2) is 4.39 Å². The second-order valence-electron chi connectivity index (χ2n) is 4.57. The Bertz CT molecular complexity index is 765. The number of benzene rings is 1. The van der Waals surface area contributed by atoms with E-state index in [9.17, 15) is 9.18 Å². The molecule has 0 atom stereocenters. The lowest BCUT2D eigenvalue weighted by molar-refractivity contribution is 0.104. The standard InChI is InChI=1S/C15H12FNOS/c1-8-5-14(19-9(8)2)15(18)12-7-17-13-4-3-10(16)6-11(12)13/h3-7,17H,1-2H3. The molecular formula is C15H12FNOS. The fourth-order valence-corrected chi connectivity index (χ4v) is 3.09. The molecule has 0 saturated heterocycles. The number of hydrogen-bond acceptors (Lipinski definition) is 2. The van der Waals surface area contributed by atoms with E-state index in [0.29, 0.717) is 15.8 Å². The monoisotopic (exact) mass is 273 g/mol. The van der Waals surface area contributed by atoms with E-state index in [2.05, 4.69) is 4.98 Å². The first-order valence-electron chi connectivity index (χ1n) is 5.94. The number of aryl methyl sites for hydroxylation is 2. The van der Waals surface area contributed by atoms with E-state index >= 15 is 0 Å². The fourth-order valence-electron chi connectivity index (χ4n) is 2.10. The average Bonchev–Trinajstić information content (AvgIpc) is 2.93. The highest BCUT2D eigenvalue weighted by atomic mass is 32.1. The summed E-state index contributed by atoms with van der Waals surface area (Å²) in [5.74, 6) is -0.391. The summed E-state index contributed by atoms with van der Waals surface area (Å²) in [6, 6.07) is 6.31. The van der Waals surface area contributed by atoms with Crippen LogP contribution in [0.15, 0.2) is 30.5 Å². The Morgan fingerprint density at radius 3 is 2.74 bits per heavy atom. The van der Waals surface area contributed by atoms with Crippen molar-refractivity contribution in [2.45, 2.75) is 13.8 Å². The van der Waals surface area contributed by atoms with Crippen molar-refractivity contribution in [3.05, 3.63) is 57.2 Å². The summed E-state index contributed by atoms with van der Waals surface area (Å²) in [6.45, 7) is 3.98. The zero-order chi connectivity index (χ0) is 13.6. The quantitative estimate of drug-likeness (QED) is 0.697. The Morgan fingerprint density at radius 1 is 1.26 bits per heavy atom. The number of rotatable bonds is 2. The summed E-state index contributed by atoms with van der Waals surface area (Å²) in [5, 5.41) is 0.633. The minimum absolute atomic E-state index is 0.0574. The number of hydrogen-bond donors (Lipinski definition) is 1. The largest absolute Gasteiger partial charge is 0.360 e. The van der Waals surface area contributed by atoms with Crippen molar-refractivity contribution in [1.82, 2.24) is 4.98 Å². The lowest BCUT2D eigenvalue weighted by Gasteiger charge is -1.96. The molecular weight excluding hydrogens is 261 g/mol. The van der Waals surface area contributed by atoms with Gasteiger partial charge in [-0.1, -0.05) is 0 Å². The number of fused-ring (bicyclic) bond motifs is 1. The minimum Gasteiger partial charge on any atom is -0.360 e. The topological polar surface area (TPSA) is 32.9 Å². The third-order valence-corrected chi connectivity index (χ3v) is 4.43. The van der Waals surface area contributed by atoms with Gasteiger partial charge in [-0.05, 0) is 43.7 Å². The maximum atomic E-state index is 13.3. The van der Waals surface area contributed by atoms with Gasteiger partial charge in [-0.15, -0.1) is 11.3 Å². The Morgan fingerprint density at radius 2 is 2.05 bits per heavy atom. The third-order valence-electron chi connectivity index (χ3n) is 3.28. The lowest BCUT2D eigenvalue weighted by Crippen LogP contribution is -1.97. The minimum atomic E-state index is -0.334. The van der Waals surface area contributed by atoms with E-state index in [0.717, 1.165) is 16.0 Å². The van der Waals surface area contributed by atoms with Crippen LogP contribution in [0.1, 0.15) is 25.7 Å². The second-order valence-corrected chi connectivity index (χ2v) is 5.83. The normalized spacial score (nSPS) is 11.1. The smallest absolute Gasteiger partial charge is 0.205 e. The second kappa shape index (κ2) is 4.31. The van der Waals surface area contributed by atoms with E-state index in [1.165, 1.54) is 23.5 Å². The fraction of sp³-hybridized carbons (Fsp3) is 0.133. The maximum absolute atomic E-state index is 13.3. The van der Waals surface area contributed by atoms with Crippen LogP contribution in [0, 0.1) is 19.7 Å². The number of halogens is 1. The highest BCUT2D eigenvalue weighted by Gasteiger charge is 2.17. The number of ketones is 1. The Hall–Kier alpha value is -1.94. The van der Waals surface area contributed by atoms with Gasteiger partial charge in [0.05, 0.1) is 4.88 Å². The first kappa shape index (κ1) is 12.1. The van der Waals surface area contributed by atoms with Crippen molar-refractivity contribution >= 4 is 28.0 Å². The molecule has 0 saturated carbocycles. The molecule has 96 valence electrons.